The van der Waals surface area contributed by atoms with Crippen molar-refractivity contribution in [3.8, 4) is 0 Å². The molecule has 0 aromatic heterocycles. The smallest absolute Gasteiger partial charge is 0.251 e. The van der Waals surface area contributed by atoms with Gasteiger partial charge in [0.05, 0.1) is 12.0 Å². The Bertz CT molecular complexity index is 499. The zero-order valence-corrected chi connectivity index (χ0v) is 12.3. The molecule has 0 spiro atoms. The number of aliphatic hydroxyl groups excluding tert-OH is 1. The largest absolute Gasteiger partial charge is 0.392 e. The number of nitrogens with one attached hydrogen (secondary N) is 2. The lowest BCUT2D eigenvalue weighted by Crippen LogP contribution is -2.34. The number of hydrogen-bond acceptors (Lipinski definition) is 3. The number of aliphatic hydroxyl groups is 1. The molecule has 2 rings (SSSR count). The topological polar surface area (TPSA) is 78.4 Å². The van der Waals surface area contributed by atoms with Crippen LogP contribution >= 0.6 is 0 Å². The van der Waals surface area contributed by atoms with E-state index < -0.39 is 6.10 Å². The maximum atomic E-state index is 12.0. The van der Waals surface area contributed by atoms with Crippen molar-refractivity contribution in [1.29, 1.82) is 0 Å². The van der Waals surface area contributed by atoms with Crippen LogP contribution in [0.5, 0.6) is 0 Å². The lowest BCUT2D eigenvalue weighted by atomic mass is 10.0. The summed E-state index contributed by atoms with van der Waals surface area (Å²) in [5.41, 5.74) is 1.54. The SMILES string of the molecule is CCNC(=O)c1ccc(CNC(=O)C2CCCC2O)cc1. The van der Waals surface area contributed by atoms with Gasteiger partial charge < -0.3 is 15.7 Å². The van der Waals surface area contributed by atoms with E-state index in [-0.39, 0.29) is 17.7 Å². The lowest BCUT2D eigenvalue weighted by Gasteiger charge is -2.14. The maximum absolute atomic E-state index is 12.0. The monoisotopic (exact) mass is 290 g/mol. The molecule has 1 saturated carbocycles. The molecule has 0 saturated heterocycles. The summed E-state index contributed by atoms with van der Waals surface area (Å²) in [5, 5.41) is 15.3. The van der Waals surface area contributed by atoms with E-state index >= 15 is 0 Å². The van der Waals surface area contributed by atoms with Crippen LogP contribution < -0.4 is 10.6 Å². The fraction of sp³-hybridized carbons (Fsp3) is 0.500. The Morgan fingerprint density at radius 3 is 2.48 bits per heavy atom. The summed E-state index contributed by atoms with van der Waals surface area (Å²) in [6.45, 7) is 2.89. The van der Waals surface area contributed by atoms with Gasteiger partial charge in [-0.1, -0.05) is 12.1 Å². The normalized spacial score (nSPS) is 21.0. The summed E-state index contributed by atoms with van der Waals surface area (Å²) in [6.07, 6.45) is 1.85. The van der Waals surface area contributed by atoms with Gasteiger partial charge in [0.25, 0.3) is 5.91 Å². The van der Waals surface area contributed by atoms with E-state index in [1.165, 1.54) is 0 Å². The third-order valence-electron chi connectivity index (χ3n) is 3.84. The van der Waals surface area contributed by atoms with Crippen LogP contribution in [0.25, 0.3) is 0 Å². The van der Waals surface area contributed by atoms with Crippen molar-refractivity contribution in [2.24, 2.45) is 5.92 Å². The van der Waals surface area contributed by atoms with Gasteiger partial charge in [-0.25, -0.2) is 0 Å². The molecule has 3 N–H and O–H groups in total. The Balaban J connectivity index is 1.86. The Morgan fingerprint density at radius 1 is 1.19 bits per heavy atom. The van der Waals surface area contributed by atoms with E-state index in [1.807, 2.05) is 19.1 Å². The van der Waals surface area contributed by atoms with Gasteiger partial charge in [0.2, 0.25) is 5.91 Å². The van der Waals surface area contributed by atoms with Crippen molar-refractivity contribution in [3.63, 3.8) is 0 Å². The molecule has 114 valence electrons. The predicted molar refractivity (Wildman–Crippen MR) is 79.6 cm³/mol. The molecule has 1 fully saturated rings. The highest BCUT2D eigenvalue weighted by Gasteiger charge is 2.31. The molecule has 2 atom stereocenters. The second-order valence-corrected chi connectivity index (χ2v) is 5.38. The number of amides is 2. The summed E-state index contributed by atoms with van der Waals surface area (Å²) in [7, 11) is 0. The summed E-state index contributed by atoms with van der Waals surface area (Å²) in [6, 6.07) is 7.15. The van der Waals surface area contributed by atoms with E-state index in [9.17, 15) is 14.7 Å². The van der Waals surface area contributed by atoms with Crippen LogP contribution in [0.15, 0.2) is 24.3 Å². The van der Waals surface area contributed by atoms with Gasteiger partial charge in [0.1, 0.15) is 0 Å². The van der Waals surface area contributed by atoms with Crippen molar-refractivity contribution in [3.05, 3.63) is 35.4 Å². The first-order valence-corrected chi connectivity index (χ1v) is 7.44. The van der Waals surface area contributed by atoms with Crippen molar-refractivity contribution in [2.45, 2.75) is 38.8 Å². The Kier molecular flexibility index (Phi) is 5.33. The fourth-order valence-electron chi connectivity index (χ4n) is 2.60. The average molecular weight is 290 g/mol. The standard InChI is InChI=1S/C16H22N2O3/c1-2-17-15(20)12-8-6-11(7-9-12)10-18-16(21)13-4-3-5-14(13)19/h6-9,13-14,19H,2-5,10H2,1H3,(H,17,20)(H,18,21). The second kappa shape index (κ2) is 7.22. The molecular formula is C16H22N2O3. The van der Waals surface area contributed by atoms with E-state index in [4.69, 9.17) is 0 Å². The van der Waals surface area contributed by atoms with E-state index in [0.717, 1.165) is 18.4 Å². The molecule has 5 heteroatoms. The molecule has 0 aliphatic heterocycles. The molecule has 1 aliphatic rings. The van der Waals surface area contributed by atoms with Crippen molar-refractivity contribution in [1.82, 2.24) is 10.6 Å². The molecule has 1 aromatic rings. The predicted octanol–water partition coefficient (Wildman–Crippen LogP) is 1.21. The first-order chi connectivity index (χ1) is 10.1. The molecule has 2 unspecified atom stereocenters. The third kappa shape index (κ3) is 4.04. The van der Waals surface area contributed by atoms with Gasteiger partial charge in [-0.15, -0.1) is 0 Å². The van der Waals surface area contributed by atoms with Gasteiger partial charge in [0, 0.05) is 18.7 Å². The van der Waals surface area contributed by atoms with Gasteiger partial charge in [-0.2, -0.15) is 0 Å². The zero-order chi connectivity index (χ0) is 15.2. The number of carbonyl (C=O) groups excluding carboxylic acids is 2. The summed E-state index contributed by atoms with van der Waals surface area (Å²) < 4.78 is 0. The molecule has 0 heterocycles. The van der Waals surface area contributed by atoms with Crippen LogP contribution in [0.4, 0.5) is 0 Å². The van der Waals surface area contributed by atoms with E-state index in [1.54, 1.807) is 12.1 Å². The molecule has 1 aromatic carbocycles. The number of benzene rings is 1. The molecule has 21 heavy (non-hydrogen) atoms. The third-order valence-corrected chi connectivity index (χ3v) is 3.84. The first kappa shape index (κ1) is 15.5. The summed E-state index contributed by atoms with van der Waals surface area (Å²) in [4.78, 5) is 23.6. The summed E-state index contributed by atoms with van der Waals surface area (Å²) >= 11 is 0. The minimum absolute atomic E-state index is 0.0900. The Labute approximate surface area is 124 Å². The fourth-order valence-corrected chi connectivity index (χ4v) is 2.60. The van der Waals surface area contributed by atoms with Gasteiger partial charge in [-0.05, 0) is 43.9 Å². The molecule has 2 amide bonds. The molecule has 5 nitrogen and oxygen atoms in total. The van der Waals surface area contributed by atoms with Crippen molar-refractivity contribution >= 4 is 11.8 Å². The quantitative estimate of drug-likeness (QED) is 0.763. The average Bonchev–Trinajstić information content (AvgIpc) is 2.92. The highest BCUT2D eigenvalue weighted by atomic mass is 16.3. The highest BCUT2D eigenvalue weighted by molar-refractivity contribution is 5.94. The van der Waals surface area contributed by atoms with Crippen molar-refractivity contribution < 1.29 is 14.7 Å². The van der Waals surface area contributed by atoms with Crippen LogP contribution in [0.3, 0.4) is 0 Å². The Hall–Kier alpha value is -1.88. The molecular weight excluding hydrogens is 268 g/mol. The minimum Gasteiger partial charge on any atom is -0.392 e. The molecule has 0 radical (unpaired) electrons. The number of hydrogen-bond donors (Lipinski definition) is 3. The second-order valence-electron chi connectivity index (χ2n) is 5.38. The van der Waals surface area contributed by atoms with Crippen LogP contribution in [0.2, 0.25) is 0 Å². The van der Waals surface area contributed by atoms with Gasteiger partial charge in [-0.3, -0.25) is 9.59 Å². The number of rotatable bonds is 5. The highest BCUT2D eigenvalue weighted by Crippen LogP contribution is 2.25. The summed E-state index contributed by atoms with van der Waals surface area (Å²) in [5.74, 6) is -0.463. The van der Waals surface area contributed by atoms with Crippen molar-refractivity contribution in [2.75, 3.05) is 6.54 Å². The minimum atomic E-state index is -0.509. The van der Waals surface area contributed by atoms with Crippen LogP contribution in [0.1, 0.15) is 42.1 Å². The van der Waals surface area contributed by atoms with Gasteiger partial charge >= 0.3 is 0 Å². The number of carbonyl (C=O) groups is 2. The zero-order valence-electron chi connectivity index (χ0n) is 12.3. The van der Waals surface area contributed by atoms with E-state index in [0.29, 0.717) is 25.1 Å². The van der Waals surface area contributed by atoms with Gasteiger partial charge in [0.15, 0.2) is 0 Å². The van der Waals surface area contributed by atoms with E-state index in [2.05, 4.69) is 10.6 Å². The molecule has 1 aliphatic carbocycles. The lowest BCUT2D eigenvalue weighted by molar-refractivity contribution is -0.127. The van der Waals surface area contributed by atoms with Crippen LogP contribution in [-0.4, -0.2) is 29.6 Å². The first-order valence-electron chi connectivity index (χ1n) is 7.44. The van der Waals surface area contributed by atoms with Crippen LogP contribution in [-0.2, 0) is 11.3 Å². The van der Waals surface area contributed by atoms with Crippen LogP contribution in [0, 0.1) is 5.92 Å². The maximum Gasteiger partial charge on any atom is 0.251 e. The molecule has 0 bridgehead atoms. The Morgan fingerprint density at radius 2 is 1.90 bits per heavy atom.